The monoisotopic (exact) mass is 142 g/mol. The molecule has 0 bridgehead atoms. The van der Waals surface area contributed by atoms with Gasteiger partial charge in [-0.1, -0.05) is 5.16 Å². The number of hydrogen-bond donors (Lipinski definition) is 1. The van der Waals surface area contributed by atoms with Crippen molar-refractivity contribution in [3.63, 3.8) is 0 Å². The number of hydrogen-bond acceptors (Lipinski definition) is 3. The molecule has 1 fully saturated rings. The maximum absolute atomic E-state index is 10.1. The molecular formula is C6H10N2O2. The smallest absolute Gasteiger partial charge is 0.258 e. The Bertz CT molecular complexity index is 159. The van der Waals surface area contributed by atoms with Crippen molar-refractivity contribution in [3.8, 4) is 0 Å². The van der Waals surface area contributed by atoms with E-state index >= 15 is 0 Å². The van der Waals surface area contributed by atoms with E-state index in [9.17, 15) is 4.79 Å². The predicted octanol–water partition coefficient (Wildman–Crippen LogP) is 0.0282. The molecule has 0 saturated heterocycles. The first kappa shape index (κ1) is 7.05. The van der Waals surface area contributed by atoms with Crippen LogP contribution in [0.15, 0.2) is 5.16 Å². The number of nitrogens with two attached hydrogens (primary N) is 1. The van der Waals surface area contributed by atoms with E-state index in [2.05, 4.69) is 9.99 Å². The molecule has 56 valence electrons. The van der Waals surface area contributed by atoms with Crippen LogP contribution >= 0.6 is 0 Å². The summed E-state index contributed by atoms with van der Waals surface area (Å²) in [6.07, 6.45) is 3.18. The Balaban J connectivity index is 2.09. The third-order valence-corrected chi connectivity index (χ3v) is 1.33. The molecule has 4 heteroatoms. The normalized spacial score (nSPS) is 15.8. The van der Waals surface area contributed by atoms with Crippen molar-refractivity contribution in [2.45, 2.75) is 19.3 Å². The molecule has 2 N–H and O–H groups in total. The van der Waals surface area contributed by atoms with Gasteiger partial charge in [0, 0.05) is 0 Å². The number of amides is 1. The lowest BCUT2D eigenvalue weighted by molar-refractivity contribution is -0.122. The van der Waals surface area contributed by atoms with Crippen molar-refractivity contribution >= 4 is 11.6 Å². The lowest BCUT2D eigenvalue weighted by Gasteiger charge is -2.12. The van der Waals surface area contributed by atoms with Crippen LogP contribution in [0.25, 0.3) is 0 Å². The summed E-state index contributed by atoms with van der Waals surface area (Å²) in [6, 6.07) is 0. The molecule has 1 aliphatic rings. The fourth-order valence-corrected chi connectivity index (χ4v) is 0.613. The molecule has 4 nitrogen and oxygen atoms in total. The molecule has 0 spiro atoms. The molecule has 0 heterocycles. The second-order valence-electron chi connectivity index (χ2n) is 2.25. The molecule has 1 rings (SSSR count). The molecule has 1 saturated carbocycles. The molecule has 0 aromatic heterocycles. The number of carbonyl (C=O) groups excluding carboxylic acids is 1. The van der Waals surface area contributed by atoms with Crippen LogP contribution in [0.5, 0.6) is 0 Å². The Kier molecular flexibility index (Phi) is 2.25. The summed E-state index contributed by atoms with van der Waals surface area (Å²) in [5.74, 6) is -0.483. The van der Waals surface area contributed by atoms with Gasteiger partial charge in [-0.25, -0.2) is 0 Å². The first-order valence-corrected chi connectivity index (χ1v) is 3.25. The zero-order valence-corrected chi connectivity index (χ0v) is 5.67. The third kappa shape index (κ3) is 2.05. The summed E-state index contributed by atoms with van der Waals surface area (Å²) < 4.78 is 0. The van der Waals surface area contributed by atoms with Crippen LogP contribution in [0.4, 0.5) is 0 Å². The fraction of sp³-hybridized carbons (Fsp3) is 0.667. The summed E-state index contributed by atoms with van der Waals surface area (Å²) in [4.78, 5) is 14.7. The number of oxime groups is 1. The van der Waals surface area contributed by atoms with Gasteiger partial charge in [0.15, 0.2) is 6.61 Å². The maximum Gasteiger partial charge on any atom is 0.258 e. The quantitative estimate of drug-likeness (QED) is 0.565. The second kappa shape index (κ2) is 3.20. The highest BCUT2D eigenvalue weighted by Crippen LogP contribution is 2.13. The Morgan fingerprint density at radius 2 is 2.40 bits per heavy atom. The Morgan fingerprint density at radius 3 is 2.80 bits per heavy atom. The van der Waals surface area contributed by atoms with Crippen molar-refractivity contribution in [1.82, 2.24) is 0 Å². The minimum atomic E-state index is -0.483. The predicted molar refractivity (Wildman–Crippen MR) is 36.4 cm³/mol. The first-order valence-electron chi connectivity index (χ1n) is 3.25. The van der Waals surface area contributed by atoms with Crippen LogP contribution in [0.1, 0.15) is 19.3 Å². The average molecular weight is 142 g/mol. The highest BCUT2D eigenvalue weighted by molar-refractivity contribution is 5.88. The lowest BCUT2D eigenvalue weighted by Crippen LogP contribution is -2.18. The maximum atomic E-state index is 10.1. The van der Waals surface area contributed by atoms with E-state index in [1.54, 1.807) is 0 Å². The van der Waals surface area contributed by atoms with Crippen molar-refractivity contribution < 1.29 is 9.63 Å². The highest BCUT2D eigenvalue weighted by atomic mass is 16.6. The van der Waals surface area contributed by atoms with E-state index < -0.39 is 5.91 Å². The van der Waals surface area contributed by atoms with Gasteiger partial charge < -0.3 is 10.6 Å². The Hall–Kier alpha value is -1.06. The zero-order chi connectivity index (χ0) is 7.40. The first-order chi connectivity index (χ1) is 4.79. The molecule has 0 unspecified atom stereocenters. The van der Waals surface area contributed by atoms with Gasteiger partial charge in [-0.2, -0.15) is 0 Å². The summed E-state index contributed by atoms with van der Waals surface area (Å²) in [5.41, 5.74) is 5.83. The Morgan fingerprint density at radius 1 is 1.70 bits per heavy atom. The van der Waals surface area contributed by atoms with Gasteiger partial charge in [0.2, 0.25) is 0 Å². The zero-order valence-electron chi connectivity index (χ0n) is 5.67. The molecule has 0 aromatic rings. The summed E-state index contributed by atoms with van der Waals surface area (Å²) in [6.45, 7) is -0.108. The number of carbonyl (C=O) groups is 1. The van der Waals surface area contributed by atoms with E-state index in [4.69, 9.17) is 5.73 Å². The van der Waals surface area contributed by atoms with Gasteiger partial charge in [-0.15, -0.1) is 0 Å². The standard InChI is InChI=1S/C6H10N2O2/c7-6(9)4-10-8-5-2-1-3-5/h1-4H2,(H2,7,9). The molecule has 1 aliphatic carbocycles. The van der Waals surface area contributed by atoms with Gasteiger partial charge >= 0.3 is 0 Å². The number of primary amides is 1. The van der Waals surface area contributed by atoms with E-state index in [-0.39, 0.29) is 6.61 Å². The van der Waals surface area contributed by atoms with Crippen molar-refractivity contribution in [2.24, 2.45) is 10.9 Å². The number of nitrogens with zero attached hydrogens (tertiary/aromatic N) is 1. The minimum Gasteiger partial charge on any atom is -0.386 e. The van der Waals surface area contributed by atoms with Crippen LogP contribution in [-0.4, -0.2) is 18.2 Å². The van der Waals surface area contributed by atoms with Crippen LogP contribution in [0, 0.1) is 0 Å². The fourth-order valence-electron chi connectivity index (χ4n) is 0.613. The van der Waals surface area contributed by atoms with Crippen LogP contribution in [-0.2, 0) is 9.63 Å². The topological polar surface area (TPSA) is 64.7 Å². The minimum absolute atomic E-state index is 0.108. The lowest BCUT2D eigenvalue weighted by atomic mass is 9.98. The van der Waals surface area contributed by atoms with E-state index in [1.807, 2.05) is 0 Å². The van der Waals surface area contributed by atoms with Crippen LogP contribution in [0.3, 0.4) is 0 Å². The van der Waals surface area contributed by atoms with Crippen LogP contribution < -0.4 is 5.73 Å². The van der Waals surface area contributed by atoms with Gasteiger partial charge in [0.25, 0.3) is 5.91 Å². The molecule has 0 radical (unpaired) electrons. The second-order valence-corrected chi connectivity index (χ2v) is 2.25. The number of rotatable bonds is 3. The SMILES string of the molecule is NC(=O)CON=C1CCC1. The molecule has 0 aromatic carbocycles. The van der Waals surface area contributed by atoms with Gasteiger partial charge in [-0.05, 0) is 19.3 Å². The summed E-state index contributed by atoms with van der Waals surface area (Å²) >= 11 is 0. The van der Waals surface area contributed by atoms with E-state index in [0.29, 0.717) is 0 Å². The highest BCUT2D eigenvalue weighted by Gasteiger charge is 2.10. The van der Waals surface area contributed by atoms with Gasteiger partial charge in [0.05, 0.1) is 5.71 Å². The van der Waals surface area contributed by atoms with E-state index in [0.717, 1.165) is 18.6 Å². The molecular weight excluding hydrogens is 132 g/mol. The molecule has 10 heavy (non-hydrogen) atoms. The molecule has 0 aliphatic heterocycles. The largest absolute Gasteiger partial charge is 0.386 e. The third-order valence-electron chi connectivity index (χ3n) is 1.33. The molecule has 1 amide bonds. The van der Waals surface area contributed by atoms with Crippen molar-refractivity contribution in [3.05, 3.63) is 0 Å². The van der Waals surface area contributed by atoms with Crippen molar-refractivity contribution in [2.75, 3.05) is 6.61 Å². The summed E-state index contributed by atoms with van der Waals surface area (Å²) in [7, 11) is 0. The average Bonchev–Trinajstić information content (AvgIpc) is 1.75. The molecule has 0 atom stereocenters. The Labute approximate surface area is 59.0 Å². The van der Waals surface area contributed by atoms with Gasteiger partial charge in [0.1, 0.15) is 0 Å². The van der Waals surface area contributed by atoms with E-state index in [1.165, 1.54) is 6.42 Å². The van der Waals surface area contributed by atoms with Crippen LogP contribution in [0.2, 0.25) is 0 Å². The summed E-state index contributed by atoms with van der Waals surface area (Å²) in [5, 5.41) is 3.69. The van der Waals surface area contributed by atoms with Gasteiger partial charge in [-0.3, -0.25) is 4.79 Å². The van der Waals surface area contributed by atoms with Crippen molar-refractivity contribution in [1.29, 1.82) is 0 Å².